The first-order valence-corrected chi connectivity index (χ1v) is 7.18. The first kappa shape index (κ1) is 16.1. The Bertz CT molecular complexity index is 426. The maximum absolute atomic E-state index is 13.4. The second-order valence-electron chi connectivity index (χ2n) is 4.23. The van der Waals surface area contributed by atoms with Crippen molar-refractivity contribution in [2.45, 2.75) is 26.8 Å². The van der Waals surface area contributed by atoms with Crippen LogP contribution in [0, 0.1) is 5.82 Å². The van der Waals surface area contributed by atoms with Gasteiger partial charge in [-0.2, -0.15) is 0 Å². The van der Waals surface area contributed by atoms with E-state index < -0.39 is 0 Å². The maximum Gasteiger partial charge on any atom is 0.320 e. The molecule has 0 saturated carbocycles. The number of ether oxygens (including phenoxy) is 1. The molecule has 3 nitrogen and oxygen atoms in total. The second-order valence-corrected chi connectivity index (χ2v) is 5.02. The van der Waals surface area contributed by atoms with Gasteiger partial charge in [-0.3, -0.25) is 9.69 Å². The molecule has 0 aliphatic heterocycles. The van der Waals surface area contributed by atoms with Gasteiger partial charge in [-0.05, 0) is 47.4 Å². The molecule has 106 valence electrons. The van der Waals surface area contributed by atoms with Crippen molar-refractivity contribution < 1.29 is 13.9 Å². The Hall–Kier alpha value is -0.940. The molecule has 0 bridgehead atoms. The summed E-state index contributed by atoms with van der Waals surface area (Å²) in [6.07, 6.45) is 0.923. The highest BCUT2D eigenvalue weighted by Crippen LogP contribution is 2.21. The number of carbonyl (C=O) groups is 1. The van der Waals surface area contributed by atoms with E-state index in [2.05, 4.69) is 15.9 Å². The molecule has 0 heterocycles. The zero-order valence-corrected chi connectivity index (χ0v) is 12.9. The van der Waals surface area contributed by atoms with Crippen molar-refractivity contribution >= 4 is 21.9 Å². The van der Waals surface area contributed by atoms with Gasteiger partial charge >= 0.3 is 5.97 Å². The summed E-state index contributed by atoms with van der Waals surface area (Å²) in [4.78, 5) is 13.5. The van der Waals surface area contributed by atoms with Crippen LogP contribution < -0.4 is 0 Å². The number of nitrogens with zero attached hydrogens (tertiary/aromatic N) is 1. The van der Waals surface area contributed by atoms with Gasteiger partial charge in [0.1, 0.15) is 5.82 Å². The number of esters is 1. The Kier molecular flexibility index (Phi) is 7.02. The minimum absolute atomic E-state index is 0.227. The summed E-state index contributed by atoms with van der Waals surface area (Å²) < 4.78 is 18.8. The Morgan fingerprint density at radius 2 is 2.16 bits per heavy atom. The minimum Gasteiger partial charge on any atom is -0.465 e. The summed E-state index contributed by atoms with van der Waals surface area (Å²) in [6.45, 7) is 5.71. The molecule has 0 saturated heterocycles. The number of carbonyl (C=O) groups excluding carboxylic acids is 1. The van der Waals surface area contributed by atoms with E-state index in [-0.39, 0.29) is 18.3 Å². The molecule has 19 heavy (non-hydrogen) atoms. The van der Waals surface area contributed by atoms with Crippen LogP contribution in [0.4, 0.5) is 4.39 Å². The first-order valence-electron chi connectivity index (χ1n) is 6.39. The molecule has 1 aromatic carbocycles. The predicted molar refractivity (Wildman–Crippen MR) is 76.3 cm³/mol. The summed E-state index contributed by atoms with van der Waals surface area (Å²) in [7, 11) is 0. The molecular weight excluding hydrogens is 313 g/mol. The first-order chi connectivity index (χ1) is 9.08. The van der Waals surface area contributed by atoms with Gasteiger partial charge in [0, 0.05) is 6.54 Å². The molecule has 0 aliphatic carbocycles. The Morgan fingerprint density at radius 1 is 1.42 bits per heavy atom. The van der Waals surface area contributed by atoms with E-state index in [9.17, 15) is 9.18 Å². The molecule has 0 spiro atoms. The Labute approximate surface area is 121 Å². The molecule has 0 N–H and O–H groups in total. The summed E-state index contributed by atoms with van der Waals surface area (Å²) >= 11 is 3.24. The molecule has 0 fully saturated rings. The highest BCUT2D eigenvalue weighted by Gasteiger charge is 2.14. The largest absolute Gasteiger partial charge is 0.465 e. The average Bonchev–Trinajstić information content (AvgIpc) is 2.35. The normalized spacial score (nSPS) is 10.8. The summed E-state index contributed by atoms with van der Waals surface area (Å²) in [5, 5.41) is 0. The number of halogens is 2. The molecular formula is C14H19BrFNO2. The van der Waals surface area contributed by atoms with Gasteiger partial charge in [-0.25, -0.2) is 4.39 Å². The van der Waals surface area contributed by atoms with Crippen LogP contribution in [0.25, 0.3) is 0 Å². The fraction of sp³-hybridized carbons (Fsp3) is 0.500. The lowest BCUT2D eigenvalue weighted by Gasteiger charge is -2.21. The van der Waals surface area contributed by atoms with Gasteiger partial charge in [-0.1, -0.05) is 19.1 Å². The molecule has 5 heteroatoms. The third-order valence-corrected chi connectivity index (χ3v) is 3.51. The van der Waals surface area contributed by atoms with Gasteiger partial charge in [0.25, 0.3) is 0 Å². The fourth-order valence-corrected chi connectivity index (χ4v) is 2.22. The second kappa shape index (κ2) is 8.27. The van der Waals surface area contributed by atoms with E-state index in [1.807, 2.05) is 17.9 Å². The third-order valence-electron chi connectivity index (χ3n) is 2.62. The highest BCUT2D eigenvalue weighted by atomic mass is 79.9. The maximum atomic E-state index is 13.4. The summed E-state index contributed by atoms with van der Waals surface area (Å²) in [5.74, 6) is -0.534. The van der Waals surface area contributed by atoms with Gasteiger partial charge in [0.15, 0.2) is 0 Å². The fourth-order valence-electron chi connectivity index (χ4n) is 1.83. The van der Waals surface area contributed by atoms with Crippen LogP contribution in [0.5, 0.6) is 0 Å². The monoisotopic (exact) mass is 331 g/mol. The van der Waals surface area contributed by atoms with Crippen LogP contribution in [-0.4, -0.2) is 30.6 Å². The van der Waals surface area contributed by atoms with E-state index in [0.717, 1.165) is 18.5 Å². The van der Waals surface area contributed by atoms with Crippen molar-refractivity contribution in [2.24, 2.45) is 0 Å². The summed E-state index contributed by atoms with van der Waals surface area (Å²) in [5.41, 5.74) is 0.831. The Balaban J connectivity index is 2.72. The topological polar surface area (TPSA) is 29.5 Å². The van der Waals surface area contributed by atoms with Crippen LogP contribution in [0.15, 0.2) is 22.7 Å². The van der Waals surface area contributed by atoms with Crippen molar-refractivity contribution in [3.05, 3.63) is 34.1 Å². The molecule has 0 amide bonds. The zero-order valence-electron chi connectivity index (χ0n) is 11.3. The molecule has 0 atom stereocenters. The van der Waals surface area contributed by atoms with Gasteiger partial charge in [0.05, 0.1) is 17.6 Å². The van der Waals surface area contributed by atoms with E-state index in [1.165, 1.54) is 6.07 Å². The van der Waals surface area contributed by atoms with Gasteiger partial charge in [0.2, 0.25) is 0 Å². The number of rotatable bonds is 7. The highest BCUT2D eigenvalue weighted by molar-refractivity contribution is 9.10. The lowest BCUT2D eigenvalue weighted by Crippen LogP contribution is -2.31. The van der Waals surface area contributed by atoms with Crippen LogP contribution >= 0.6 is 15.9 Å². The van der Waals surface area contributed by atoms with Crippen LogP contribution in [0.2, 0.25) is 0 Å². The van der Waals surface area contributed by atoms with Crippen molar-refractivity contribution in [1.82, 2.24) is 4.90 Å². The summed E-state index contributed by atoms with van der Waals surface area (Å²) in [6, 6.07) is 4.92. The SMILES string of the molecule is CCCN(CC(=O)OCC)Cc1cccc(F)c1Br. The van der Waals surface area contributed by atoms with Crippen LogP contribution in [0.1, 0.15) is 25.8 Å². The smallest absolute Gasteiger partial charge is 0.320 e. The van der Waals surface area contributed by atoms with Crippen LogP contribution in [0.3, 0.4) is 0 Å². The zero-order chi connectivity index (χ0) is 14.3. The van der Waals surface area contributed by atoms with E-state index >= 15 is 0 Å². The van der Waals surface area contributed by atoms with E-state index in [1.54, 1.807) is 13.0 Å². The Morgan fingerprint density at radius 3 is 2.79 bits per heavy atom. The average molecular weight is 332 g/mol. The standard InChI is InChI=1S/C14H19BrFNO2/c1-3-8-17(10-13(18)19-4-2)9-11-6-5-7-12(16)14(11)15/h5-7H,3-4,8-10H2,1-2H3. The predicted octanol–water partition coefficient (Wildman–Crippen LogP) is 3.36. The number of benzene rings is 1. The lowest BCUT2D eigenvalue weighted by molar-refractivity contribution is -0.144. The molecule has 0 unspecified atom stereocenters. The quantitative estimate of drug-likeness (QED) is 0.717. The molecule has 1 rings (SSSR count). The molecule has 0 aliphatic rings. The van der Waals surface area contributed by atoms with Crippen molar-refractivity contribution in [3.8, 4) is 0 Å². The van der Waals surface area contributed by atoms with E-state index in [0.29, 0.717) is 17.6 Å². The van der Waals surface area contributed by atoms with Crippen molar-refractivity contribution in [1.29, 1.82) is 0 Å². The molecule has 1 aromatic rings. The minimum atomic E-state index is -0.287. The van der Waals surface area contributed by atoms with E-state index in [4.69, 9.17) is 4.74 Å². The molecule has 0 radical (unpaired) electrons. The van der Waals surface area contributed by atoms with Gasteiger partial charge in [-0.15, -0.1) is 0 Å². The van der Waals surface area contributed by atoms with Gasteiger partial charge < -0.3 is 4.74 Å². The van der Waals surface area contributed by atoms with Crippen molar-refractivity contribution in [2.75, 3.05) is 19.7 Å². The van der Waals surface area contributed by atoms with Crippen molar-refractivity contribution in [3.63, 3.8) is 0 Å². The number of hydrogen-bond donors (Lipinski definition) is 0. The third kappa shape index (κ3) is 5.28. The number of hydrogen-bond acceptors (Lipinski definition) is 3. The molecule has 0 aromatic heterocycles. The van der Waals surface area contributed by atoms with Crippen LogP contribution in [-0.2, 0) is 16.1 Å². The lowest BCUT2D eigenvalue weighted by atomic mass is 10.2.